The molecule has 0 aromatic heterocycles. The van der Waals surface area contributed by atoms with Gasteiger partial charge >= 0.3 is 0 Å². The minimum Gasteiger partial charge on any atom is -0.315 e. The minimum atomic E-state index is 0.347. The Morgan fingerprint density at radius 1 is 1.27 bits per heavy atom. The number of Topliss-reactive ketones (excluding diaryl/α,β-unsaturated/α-hetero) is 1. The van der Waals surface area contributed by atoms with Crippen molar-refractivity contribution < 1.29 is 4.79 Å². The lowest BCUT2D eigenvalue weighted by Crippen LogP contribution is -2.47. The fraction of sp³-hybridized carbons (Fsp3) is 0.923. The van der Waals surface area contributed by atoms with Crippen molar-refractivity contribution in [2.45, 2.75) is 46.0 Å². The number of ketones is 1. The second-order valence-corrected chi connectivity index (χ2v) is 6.13. The van der Waals surface area contributed by atoms with Crippen LogP contribution in [-0.2, 0) is 4.79 Å². The second kappa shape index (κ2) is 4.25. The molecule has 2 aliphatic rings. The highest BCUT2D eigenvalue weighted by molar-refractivity contribution is 5.82. The van der Waals surface area contributed by atoms with Gasteiger partial charge in [0, 0.05) is 25.4 Å². The number of rotatable bonds is 3. The number of carbonyl (C=O) groups excluding carboxylic acids is 1. The van der Waals surface area contributed by atoms with E-state index in [1.807, 2.05) is 0 Å². The largest absolute Gasteiger partial charge is 0.315 e. The van der Waals surface area contributed by atoms with E-state index in [4.69, 9.17) is 0 Å². The summed E-state index contributed by atoms with van der Waals surface area (Å²) in [7, 11) is 0. The SMILES string of the molecule is CC1(C)CCC(CC(=O)C2CNC2)CC1. The molecule has 1 N–H and O–H groups in total. The van der Waals surface area contributed by atoms with Crippen molar-refractivity contribution in [1.29, 1.82) is 0 Å². The van der Waals surface area contributed by atoms with Gasteiger partial charge in [-0.3, -0.25) is 4.79 Å². The first-order chi connectivity index (χ1) is 7.07. The summed E-state index contributed by atoms with van der Waals surface area (Å²) < 4.78 is 0. The average molecular weight is 209 g/mol. The molecule has 1 aliphatic heterocycles. The van der Waals surface area contributed by atoms with Crippen LogP contribution in [0.1, 0.15) is 46.0 Å². The van der Waals surface area contributed by atoms with Gasteiger partial charge in [0.1, 0.15) is 5.78 Å². The Balaban J connectivity index is 1.74. The highest BCUT2D eigenvalue weighted by Gasteiger charge is 2.31. The molecule has 0 atom stereocenters. The van der Waals surface area contributed by atoms with E-state index in [1.54, 1.807) is 0 Å². The zero-order valence-corrected chi connectivity index (χ0v) is 10.0. The van der Waals surface area contributed by atoms with Crippen LogP contribution >= 0.6 is 0 Å². The van der Waals surface area contributed by atoms with Crippen molar-refractivity contribution in [2.75, 3.05) is 13.1 Å². The molecular weight excluding hydrogens is 186 g/mol. The van der Waals surface area contributed by atoms with Crippen LogP contribution in [0.2, 0.25) is 0 Å². The molecule has 1 saturated carbocycles. The van der Waals surface area contributed by atoms with Gasteiger partial charge in [-0.2, -0.15) is 0 Å². The molecule has 0 radical (unpaired) electrons. The molecule has 2 heteroatoms. The lowest BCUT2D eigenvalue weighted by Gasteiger charge is -2.35. The van der Waals surface area contributed by atoms with Crippen molar-refractivity contribution in [1.82, 2.24) is 5.32 Å². The predicted molar refractivity (Wildman–Crippen MR) is 61.7 cm³/mol. The fourth-order valence-electron chi connectivity index (χ4n) is 2.63. The standard InChI is InChI=1S/C13H23NO/c1-13(2)5-3-10(4-6-13)7-12(15)11-8-14-9-11/h10-11,14H,3-9H2,1-2H3. The molecule has 2 nitrogen and oxygen atoms in total. The van der Waals surface area contributed by atoms with Crippen LogP contribution in [0.4, 0.5) is 0 Å². The first-order valence-corrected chi connectivity index (χ1v) is 6.30. The summed E-state index contributed by atoms with van der Waals surface area (Å²) in [6.45, 7) is 6.55. The Morgan fingerprint density at radius 3 is 2.33 bits per heavy atom. The quantitative estimate of drug-likeness (QED) is 0.773. The van der Waals surface area contributed by atoms with Crippen molar-refractivity contribution in [3.8, 4) is 0 Å². The smallest absolute Gasteiger partial charge is 0.138 e. The van der Waals surface area contributed by atoms with Gasteiger partial charge in [-0.15, -0.1) is 0 Å². The molecule has 0 spiro atoms. The number of carbonyl (C=O) groups is 1. The van der Waals surface area contributed by atoms with E-state index in [-0.39, 0.29) is 0 Å². The van der Waals surface area contributed by atoms with Gasteiger partial charge in [0.25, 0.3) is 0 Å². The van der Waals surface area contributed by atoms with E-state index in [0.717, 1.165) is 19.5 Å². The van der Waals surface area contributed by atoms with Crippen molar-refractivity contribution in [2.24, 2.45) is 17.3 Å². The molecular formula is C13H23NO. The summed E-state index contributed by atoms with van der Waals surface area (Å²) >= 11 is 0. The van der Waals surface area contributed by atoms with E-state index in [9.17, 15) is 4.79 Å². The van der Waals surface area contributed by atoms with Crippen molar-refractivity contribution >= 4 is 5.78 Å². The van der Waals surface area contributed by atoms with Gasteiger partial charge in [-0.05, 0) is 37.0 Å². The lowest BCUT2D eigenvalue weighted by atomic mass is 9.71. The third kappa shape index (κ3) is 2.81. The van der Waals surface area contributed by atoms with Gasteiger partial charge in [-0.1, -0.05) is 13.8 Å². The lowest BCUT2D eigenvalue weighted by molar-refractivity contribution is -0.125. The van der Waals surface area contributed by atoms with Crippen LogP contribution in [0.25, 0.3) is 0 Å². The maximum absolute atomic E-state index is 11.8. The molecule has 0 unspecified atom stereocenters. The highest BCUT2D eigenvalue weighted by Crippen LogP contribution is 2.39. The fourth-order valence-corrected chi connectivity index (χ4v) is 2.63. The third-order valence-corrected chi connectivity index (χ3v) is 4.19. The molecule has 1 aliphatic carbocycles. The van der Waals surface area contributed by atoms with E-state index >= 15 is 0 Å². The molecule has 0 bridgehead atoms. The van der Waals surface area contributed by atoms with E-state index < -0.39 is 0 Å². The Morgan fingerprint density at radius 2 is 1.87 bits per heavy atom. The predicted octanol–water partition coefficient (Wildman–Crippen LogP) is 2.38. The maximum atomic E-state index is 11.8. The monoisotopic (exact) mass is 209 g/mol. The van der Waals surface area contributed by atoms with Gasteiger partial charge in [0.15, 0.2) is 0 Å². The highest BCUT2D eigenvalue weighted by atomic mass is 16.1. The third-order valence-electron chi connectivity index (χ3n) is 4.19. The molecule has 1 saturated heterocycles. The minimum absolute atomic E-state index is 0.347. The Labute approximate surface area is 92.8 Å². The summed E-state index contributed by atoms with van der Waals surface area (Å²) in [5, 5.41) is 3.17. The molecule has 1 heterocycles. The zero-order chi connectivity index (χ0) is 10.9. The second-order valence-electron chi connectivity index (χ2n) is 6.13. The summed E-state index contributed by atoms with van der Waals surface area (Å²) in [6.07, 6.45) is 5.97. The van der Waals surface area contributed by atoms with E-state index in [2.05, 4.69) is 19.2 Å². The van der Waals surface area contributed by atoms with Gasteiger partial charge in [0.05, 0.1) is 0 Å². The normalized spacial score (nSPS) is 27.3. The number of hydrogen-bond acceptors (Lipinski definition) is 2. The van der Waals surface area contributed by atoms with Gasteiger partial charge in [0.2, 0.25) is 0 Å². The van der Waals surface area contributed by atoms with Gasteiger partial charge in [-0.25, -0.2) is 0 Å². The number of hydrogen-bond donors (Lipinski definition) is 1. The Kier molecular flexibility index (Phi) is 3.15. The summed E-state index contributed by atoms with van der Waals surface area (Å²) in [6, 6.07) is 0. The Bertz CT molecular complexity index is 233. The van der Waals surface area contributed by atoms with Crippen LogP contribution in [0.3, 0.4) is 0 Å². The summed E-state index contributed by atoms with van der Waals surface area (Å²) in [4.78, 5) is 11.8. The van der Waals surface area contributed by atoms with Crippen LogP contribution in [0.5, 0.6) is 0 Å². The molecule has 2 rings (SSSR count). The van der Waals surface area contributed by atoms with Crippen LogP contribution < -0.4 is 5.32 Å². The number of nitrogens with one attached hydrogen (secondary N) is 1. The van der Waals surface area contributed by atoms with Crippen LogP contribution in [0, 0.1) is 17.3 Å². The molecule has 0 aromatic carbocycles. The average Bonchev–Trinajstić information content (AvgIpc) is 2.05. The van der Waals surface area contributed by atoms with Crippen molar-refractivity contribution in [3.05, 3.63) is 0 Å². The molecule has 0 amide bonds. The Hall–Kier alpha value is -0.370. The summed E-state index contributed by atoms with van der Waals surface area (Å²) in [5.74, 6) is 1.55. The molecule has 2 fully saturated rings. The van der Waals surface area contributed by atoms with E-state index in [1.165, 1.54) is 25.7 Å². The van der Waals surface area contributed by atoms with Gasteiger partial charge < -0.3 is 5.32 Å². The first-order valence-electron chi connectivity index (χ1n) is 6.30. The first kappa shape index (κ1) is 11.1. The summed E-state index contributed by atoms with van der Waals surface area (Å²) in [5.41, 5.74) is 0.525. The maximum Gasteiger partial charge on any atom is 0.138 e. The molecule has 86 valence electrons. The molecule has 0 aromatic rings. The van der Waals surface area contributed by atoms with E-state index in [0.29, 0.717) is 23.0 Å². The van der Waals surface area contributed by atoms with Crippen LogP contribution in [0.15, 0.2) is 0 Å². The van der Waals surface area contributed by atoms with Crippen molar-refractivity contribution in [3.63, 3.8) is 0 Å². The topological polar surface area (TPSA) is 29.1 Å². The van der Waals surface area contributed by atoms with Crippen LogP contribution in [-0.4, -0.2) is 18.9 Å². The molecule has 15 heavy (non-hydrogen) atoms. The zero-order valence-electron chi connectivity index (χ0n) is 10.0.